The molecule has 5 rings (SSSR count). The normalized spacial score (nSPS) is 18.7. The number of hydrogen-bond donors (Lipinski definition) is 0. The SMILES string of the molecule is Cc1cc(N2CCN(C(=O)C3(S(=O)(=O)c4ccc(Cl)cc4)CCCC3)CC2)n2ncnc2n1. The molecule has 3 aromatic rings. The van der Waals surface area contributed by atoms with Gasteiger partial charge in [-0.25, -0.2) is 13.4 Å². The van der Waals surface area contributed by atoms with E-state index in [-0.39, 0.29) is 10.8 Å². The van der Waals surface area contributed by atoms with Crippen LogP contribution in [0.15, 0.2) is 41.6 Å². The fraction of sp³-hybridized carbons (Fsp3) is 0.455. The predicted molar refractivity (Wildman–Crippen MR) is 124 cm³/mol. The Hall–Kier alpha value is -2.72. The molecule has 0 atom stereocenters. The first-order valence-corrected chi connectivity index (χ1v) is 12.9. The number of hydrogen-bond acceptors (Lipinski definition) is 7. The van der Waals surface area contributed by atoms with Crippen LogP contribution < -0.4 is 4.90 Å². The van der Waals surface area contributed by atoms with Crippen molar-refractivity contribution in [2.24, 2.45) is 0 Å². The molecule has 33 heavy (non-hydrogen) atoms. The minimum atomic E-state index is -3.85. The van der Waals surface area contributed by atoms with Gasteiger partial charge in [0.2, 0.25) is 5.91 Å². The number of fused-ring (bicyclic) bond motifs is 1. The zero-order valence-corrected chi connectivity index (χ0v) is 19.9. The van der Waals surface area contributed by atoms with Crippen molar-refractivity contribution in [1.29, 1.82) is 0 Å². The Balaban J connectivity index is 1.39. The second-order valence-corrected chi connectivity index (χ2v) is 11.4. The largest absolute Gasteiger partial charge is 0.353 e. The zero-order chi connectivity index (χ0) is 23.2. The summed E-state index contributed by atoms with van der Waals surface area (Å²) in [7, 11) is -3.85. The summed E-state index contributed by atoms with van der Waals surface area (Å²) in [5, 5.41) is 4.73. The number of amides is 1. The molecule has 0 radical (unpaired) electrons. The highest BCUT2D eigenvalue weighted by atomic mass is 35.5. The van der Waals surface area contributed by atoms with E-state index in [0.717, 1.165) is 24.4 Å². The van der Waals surface area contributed by atoms with E-state index in [1.165, 1.54) is 18.5 Å². The Morgan fingerprint density at radius 1 is 1.06 bits per heavy atom. The lowest BCUT2D eigenvalue weighted by Gasteiger charge is -2.40. The van der Waals surface area contributed by atoms with Gasteiger partial charge in [0, 0.05) is 43.0 Å². The Kier molecular flexibility index (Phi) is 5.52. The van der Waals surface area contributed by atoms with E-state index in [0.29, 0.717) is 49.8 Å². The van der Waals surface area contributed by atoms with E-state index < -0.39 is 14.6 Å². The summed E-state index contributed by atoms with van der Waals surface area (Å²) >= 11 is 5.95. The second kappa shape index (κ2) is 8.25. The summed E-state index contributed by atoms with van der Waals surface area (Å²) in [5.74, 6) is 1.11. The molecule has 1 saturated carbocycles. The Labute approximate surface area is 197 Å². The van der Waals surface area contributed by atoms with Gasteiger partial charge in [0.15, 0.2) is 14.6 Å². The molecule has 11 heteroatoms. The fourth-order valence-electron chi connectivity index (χ4n) is 4.95. The van der Waals surface area contributed by atoms with Crippen molar-refractivity contribution in [2.75, 3.05) is 31.1 Å². The van der Waals surface area contributed by atoms with Crippen molar-refractivity contribution in [3.63, 3.8) is 0 Å². The summed E-state index contributed by atoms with van der Waals surface area (Å²) in [5.41, 5.74) is 0.836. The molecule has 0 spiro atoms. The van der Waals surface area contributed by atoms with Gasteiger partial charge in [0.1, 0.15) is 12.1 Å². The summed E-state index contributed by atoms with van der Waals surface area (Å²) < 4.78 is 27.6. The van der Waals surface area contributed by atoms with Gasteiger partial charge >= 0.3 is 0 Å². The van der Waals surface area contributed by atoms with E-state index in [9.17, 15) is 13.2 Å². The quantitative estimate of drug-likeness (QED) is 0.556. The first kappa shape index (κ1) is 22.1. The van der Waals surface area contributed by atoms with Crippen LogP contribution in [-0.2, 0) is 14.6 Å². The van der Waals surface area contributed by atoms with Crippen LogP contribution in [0.5, 0.6) is 0 Å². The van der Waals surface area contributed by atoms with E-state index in [1.807, 2.05) is 13.0 Å². The van der Waals surface area contributed by atoms with Gasteiger partial charge in [-0.1, -0.05) is 24.4 Å². The number of anilines is 1. The van der Waals surface area contributed by atoms with Crippen LogP contribution in [0.3, 0.4) is 0 Å². The van der Waals surface area contributed by atoms with Crippen LogP contribution >= 0.6 is 11.6 Å². The molecule has 1 saturated heterocycles. The molecule has 0 bridgehead atoms. The van der Waals surface area contributed by atoms with Crippen LogP contribution in [0.1, 0.15) is 31.4 Å². The zero-order valence-electron chi connectivity index (χ0n) is 18.3. The molecule has 0 unspecified atom stereocenters. The van der Waals surface area contributed by atoms with Gasteiger partial charge in [-0.3, -0.25) is 4.79 Å². The highest BCUT2D eigenvalue weighted by Crippen LogP contribution is 2.42. The molecule has 174 valence electrons. The number of aryl methyl sites for hydroxylation is 1. The minimum absolute atomic E-state index is 0.154. The lowest BCUT2D eigenvalue weighted by Crippen LogP contribution is -2.57. The summed E-state index contributed by atoms with van der Waals surface area (Å²) in [4.78, 5) is 26.3. The molecule has 1 aromatic carbocycles. The van der Waals surface area contributed by atoms with Crippen molar-refractivity contribution >= 4 is 38.9 Å². The molecular formula is C22H25ClN6O3S. The van der Waals surface area contributed by atoms with Gasteiger partial charge < -0.3 is 9.80 Å². The third-order valence-corrected chi connectivity index (χ3v) is 9.45. The second-order valence-electron chi connectivity index (χ2n) is 8.67. The number of carbonyl (C=O) groups excluding carboxylic acids is 1. The van der Waals surface area contributed by atoms with E-state index >= 15 is 0 Å². The topological polar surface area (TPSA) is 101 Å². The molecule has 3 heterocycles. The molecule has 2 aromatic heterocycles. The van der Waals surface area contributed by atoms with E-state index in [2.05, 4.69) is 20.0 Å². The Morgan fingerprint density at radius 2 is 1.73 bits per heavy atom. The van der Waals surface area contributed by atoms with Crippen molar-refractivity contribution in [3.05, 3.63) is 47.4 Å². The number of benzene rings is 1. The third-order valence-electron chi connectivity index (χ3n) is 6.69. The molecule has 2 fully saturated rings. The number of nitrogens with zero attached hydrogens (tertiary/aromatic N) is 6. The van der Waals surface area contributed by atoms with E-state index in [4.69, 9.17) is 11.6 Å². The van der Waals surface area contributed by atoms with Gasteiger partial charge in [0.25, 0.3) is 5.78 Å². The van der Waals surface area contributed by atoms with Crippen LogP contribution in [0.25, 0.3) is 5.78 Å². The molecule has 1 amide bonds. The minimum Gasteiger partial charge on any atom is -0.353 e. The maximum Gasteiger partial charge on any atom is 0.254 e. The number of carbonyl (C=O) groups is 1. The molecule has 1 aliphatic heterocycles. The van der Waals surface area contributed by atoms with Crippen LogP contribution in [0.4, 0.5) is 5.82 Å². The van der Waals surface area contributed by atoms with Crippen LogP contribution in [0.2, 0.25) is 5.02 Å². The van der Waals surface area contributed by atoms with Gasteiger partial charge in [-0.15, -0.1) is 0 Å². The van der Waals surface area contributed by atoms with Crippen LogP contribution in [0, 0.1) is 6.92 Å². The van der Waals surface area contributed by atoms with Gasteiger partial charge in [0.05, 0.1) is 4.90 Å². The predicted octanol–water partition coefficient (Wildman–Crippen LogP) is 2.52. The Morgan fingerprint density at radius 3 is 2.39 bits per heavy atom. The molecule has 9 nitrogen and oxygen atoms in total. The highest BCUT2D eigenvalue weighted by Gasteiger charge is 2.54. The summed E-state index contributed by atoms with van der Waals surface area (Å²) in [6, 6.07) is 8.06. The molecular weight excluding hydrogens is 464 g/mol. The maximum absolute atomic E-state index is 13.7. The summed E-state index contributed by atoms with van der Waals surface area (Å²) in [6.07, 6.45) is 3.61. The smallest absolute Gasteiger partial charge is 0.254 e. The highest BCUT2D eigenvalue weighted by molar-refractivity contribution is 7.93. The third kappa shape index (κ3) is 3.65. The van der Waals surface area contributed by atoms with Crippen molar-refractivity contribution in [3.8, 4) is 0 Å². The number of halogens is 1. The average Bonchev–Trinajstić information content (AvgIpc) is 3.49. The van der Waals surface area contributed by atoms with Gasteiger partial charge in [-0.05, 0) is 44.0 Å². The summed E-state index contributed by atoms with van der Waals surface area (Å²) in [6.45, 7) is 3.93. The molecule has 2 aliphatic rings. The van der Waals surface area contributed by atoms with Crippen LogP contribution in [-0.4, -0.2) is 69.7 Å². The van der Waals surface area contributed by atoms with Crippen molar-refractivity contribution in [2.45, 2.75) is 42.2 Å². The van der Waals surface area contributed by atoms with Crippen molar-refractivity contribution < 1.29 is 13.2 Å². The molecule has 1 aliphatic carbocycles. The lowest BCUT2D eigenvalue weighted by molar-refractivity contribution is -0.134. The monoisotopic (exact) mass is 488 g/mol. The average molecular weight is 489 g/mol. The Bertz CT molecular complexity index is 1290. The number of sulfone groups is 1. The van der Waals surface area contributed by atoms with Crippen molar-refractivity contribution in [1.82, 2.24) is 24.5 Å². The number of rotatable bonds is 4. The maximum atomic E-state index is 13.7. The first-order valence-electron chi connectivity index (χ1n) is 11.0. The fourth-order valence-corrected chi connectivity index (χ4v) is 7.20. The number of piperazine rings is 1. The first-order chi connectivity index (χ1) is 15.8. The molecule has 0 N–H and O–H groups in total. The number of aromatic nitrogens is 4. The van der Waals surface area contributed by atoms with Gasteiger partial charge in [-0.2, -0.15) is 14.6 Å². The lowest BCUT2D eigenvalue weighted by atomic mass is 10.0. The van der Waals surface area contributed by atoms with E-state index in [1.54, 1.807) is 21.5 Å². The standard InChI is InChI=1S/C22H25ClN6O3S/c1-16-14-19(29-21(26-16)24-15-25-29)27-10-12-28(13-11-27)20(30)22(8-2-3-9-22)33(31,32)18-6-4-17(23)5-7-18/h4-7,14-15H,2-3,8-13H2,1H3.